The summed E-state index contributed by atoms with van der Waals surface area (Å²) >= 11 is 0. The molecule has 0 aliphatic carbocycles. The van der Waals surface area contributed by atoms with Crippen molar-refractivity contribution < 1.29 is 9.53 Å². The lowest BCUT2D eigenvalue weighted by Gasteiger charge is -2.11. The third-order valence-corrected chi connectivity index (χ3v) is 1.55. The van der Waals surface area contributed by atoms with Gasteiger partial charge >= 0.3 is 0 Å². The van der Waals surface area contributed by atoms with Gasteiger partial charge in [-0.05, 0) is 6.92 Å². The number of hydrogen-bond acceptors (Lipinski definition) is 2. The summed E-state index contributed by atoms with van der Waals surface area (Å²) < 4.78 is 5.18. The molecule has 0 spiro atoms. The average Bonchev–Trinajstić information content (AvgIpc) is 2.34. The molecule has 1 heterocycles. The Morgan fingerprint density at radius 2 is 2.58 bits per heavy atom. The Kier molecular flexibility index (Phi) is 2.76. The molecule has 1 aliphatic heterocycles. The van der Waals surface area contributed by atoms with E-state index in [-0.39, 0.29) is 5.91 Å². The van der Waals surface area contributed by atoms with E-state index in [1.54, 1.807) is 4.90 Å². The minimum atomic E-state index is -0.0589. The molecule has 0 saturated carbocycles. The van der Waals surface area contributed by atoms with Crippen LogP contribution in [0.4, 0.5) is 0 Å². The third-order valence-electron chi connectivity index (χ3n) is 1.55. The Labute approximate surface area is 72.0 Å². The molecule has 64 valence electrons. The molecule has 3 heteroatoms. The summed E-state index contributed by atoms with van der Waals surface area (Å²) in [5, 5.41) is 0. The molecule has 0 unspecified atom stereocenters. The fraction of sp³-hybridized carbons (Fsp3) is 0.444. The van der Waals surface area contributed by atoms with Gasteiger partial charge in [-0.2, -0.15) is 0 Å². The van der Waals surface area contributed by atoms with Crippen LogP contribution in [-0.2, 0) is 9.53 Å². The zero-order chi connectivity index (χ0) is 8.97. The number of carbonyl (C=O) groups is 1. The zero-order valence-corrected chi connectivity index (χ0v) is 7.04. The van der Waals surface area contributed by atoms with Crippen LogP contribution in [0.5, 0.6) is 0 Å². The highest BCUT2D eigenvalue weighted by Gasteiger charge is 2.20. The van der Waals surface area contributed by atoms with E-state index in [4.69, 9.17) is 11.2 Å². The van der Waals surface area contributed by atoms with Crippen LogP contribution in [0.15, 0.2) is 11.8 Å². The van der Waals surface area contributed by atoms with Gasteiger partial charge in [0.25, 0.3) is 5.91 Å². The highest BCUT2D eigenvalue weighted by atomic mass is 16.5. The van der Waals surface area contributed by atoms with Gasteiger partial charge in [-0.3, -0.25) is 4.79 Å². The second-order valence-electron chi connectivity index (χ2n) is 2.44. The summed E-state index contributed by atoms with van der Waals surface area (Å²) in [6, 6.07) is 0. The molecule has 0 aromatic heterocycles. The van der Waals surface area contributed by atoms with Crippen LogP contribution < -0.4 is 0 Å². The largest absolute Gasteiger partial charge is 0.496 e. The van der Waals surface area contributed by atoms with Gasteiger partial charge in [0, 0.05) is 6.08 Å². The number of terminal acetylenes is 1. The fourth-order valence-corrected chi connectivity index (χ4v) is 1.06. The van der Waals surface area contributed by atoms with Gasteiger partial charge in [0.2, 0.25) is 0 Å². The van der Waals surface area contributed by atoms with Gasteiger partial charge in [0.05, 0.1) is 19.7 Å². The highest BCUT2D eigenvalue weighted by Crippen LogP contribution is 2.10. The number of carbonyl (C=O) groups excluding carboxylic acids is 1. The van der Waals surface area contributed by atoms with E-state index >= 15 is 0 Å². The summed E-state index contributed by atoms with van der Waals surface area (Å²) in [6.45, 7) is 3.33. The van der Waals surface area contributed by atoms with Crippen molar-refractivity contribution in [3.8, 4) is 12.3 Å². The van der Waals surface area contributed by atoms with E-state index in [2.05, 4.69) is 5.92 Å². The predicted molar refractivity (Wildman–Crippen MR) is 45.1 cm³/mol. The van der Waals surface area contributed by atoms with Crippen LogP contribution in [-0.4, -0.2) is 30.5 Å². The van der Waals surface area contributed by atoms with Crippen LogP contribution in [0.2, 0.25) is 0 Å². The fourth-order valence-electron chi connectivity index (χ4n) is 1.06. The van der Waals surface area contributed by atoms with E-state index in [1.165, 1.54) is 6.08 Å². The first-order valence-corrected chi connectivity index (χ1v) is 3.83. The van der Waals surface area contributed by atoms with Crippen molar-refractivity contribution in [3.05, 3.63) is 11.8 Å². The summed E-state index contributed by atoms with van der Waals surface area (Å²) in [5.74, 6) is 3.07. The van der Waals surface area contributed by atoms with Gasteiger partial charge in [-0.15, -0.1) is 6.42 Å². The van der Waals surface area contributed by atoms with Crippen molar-refractivity contribution >= 4 is 5.91 Å². The Bertz CT molecular complexity index is 250. The molecule has 0 atom stereocenters. The average molecular weight is 165 g/mol. The van der Waals surface area contributed by atoms with Crippen LogP contribution in [0.25, 0.3) is 0 Å². The van der Waals surface area contributed by atoms with Crippen molar-refractivity contribution in [2.75, 3.05) is 19.7 Å². The molecule has 0 fully saturated rings. The summed E-state index contributed by atoms with van der Waals surface area (Å²) in [5.41, 5.74) is 0. The molecule has 0 radical (unpaired) electrons. The van der Waals surface area contributed by atoms with Crippen LogP contribution in [0.3, 0.4) is 0 Å². The Hall–Kier alpha value is -1.43. The normalized spacial score (nSPS) is 15.8. The first-order chi connectivity index (χ1) is 5.77. The molecular weight excluding hydrogens is 154 g/mol. The van der Waals surface area contributed by atoms with E-state index in [0.29, 0.717) is 25.5 Å². The van der Waals surface area contributed by atoms with E-state index in [1.807, 2.05) is 6.92 Å². The maximum absolute atomic E-state index is 11.1. The molecule has 0 aromatic carbocycles. The third kappa shape index (κ3) is 1.79. The molecule has 1 aliphatic rings. The lowest BCUT2D eigenvalue weighted by molar-refractivity contribution is -0.124. The molecule has 0 aromatic rings. The van der Waals surface area contributed by atoms with Gasteiger partial charge in [-0.1, -0.05) is 5.92 Å². The second-order valence-corrected chi connectivity index (χ2v) is 2.44. The quantitative estimate of drug-likeness (QED) is 0.566. The van der Waals surface area contributed by atoms with Crippen molar-refractivity contribution in [1.82, 2.24) is 4.90 Å². The number of amides is 1. The second kappa shape index (κ2) is 3.82. The number of nitrogens with zero attached hydrogens (tertiary/aromatic N) is 1. The Morgan fingerprint density at radius 1 is 1.83 bits per heavy atom. The van der Waals surface area contributed by atoms with Crippen LogP contribution in [0.1, 0.15) is 6.92 Å². The smallest absolute Gasteiger partial charge is 0.251 e. The minimum Gasteiger partial charge on any atom is -0.496 e. The first-order valence-electron chi connectivity index (χ1n) is 3.83. The Morgan fingerprint density at radius 3 is 3.17 bits per heavy atom. The lowest BCUT2D eigenvalue weighted by Crippen LogP contribution is -2.26. The molecule has 1 rings (SSSR count). The lowest BCUT2D eigenvalue weighted by atomic mass is 10.5. The van der Waals surface area contributed by atoms with Crippen molar-refractivity contribution in [1.29, 1.82) is 0 Å². The maximum atomic E-state index is 11.1. The van der Waals surface area contributed by atoms with E-state index in [0.717, 1.165) is 0 Å². The predicted octanol–water partition coefficient (Wildman–Crippen LogP) is 0.382. The van der Waals surface area contributed by atoms with Crippen molar-refractivity contribution in [2.45, 2.75) is 6.92 Å². The van der Waals surface area contributed by atoms with Crippen molar-refractivity contribution in [2.24, 2.45) is 0 Å². The minimum absolute atomic E-state index is 0.0589. The maximum Gasteiger partial charge on any atom is 0.251 e. The highest BCUT2D eigenvalue weighted by molar-refractivity contribution is 5.90. The Balaban J connectivity index is 2.50. The summed E-state index contributed by atoms with van der Waals surface area (Å²) in [4.78, 5) is 12.7. The topological polar surface area (TPSA) is 29.5 Å². The molecule has 0 saturated heterocycles. The molecule has 3 nitrogen and oxygen atoms in total. The first kappa shape index (κ1) is 8.66. The van der Waals surface area contributed by atoms with E-state index in [9.17, 15) is 4.79 Å². The van der Waals surface area contributed by atoms with Gasteiger partial charge in [-0.25, -0.2) is 0 Å². The van der Waals surface area contributed by atoms with E-state index < -0.39 is 0 Å². The zero-order valence-electron chi connectivity index (χ0n) is 7.04. The molecule has 1 amide bonds. The number of ether oxygens (including phenoxy) is 1. The van der Waals surface area contributed by atoms with Crippen molar-refractivity contribution in [3.63, 3.8) is 0 Å². The molecule has 0 bridgehead atoms. The van der Waals surface area contributed by atoms with Gasteiger partial charge < -0.3 is 9.64 Å². The summed E-state index contributed by atoms with van der Waals surface area (Å²) in [7, 11) is 0. The number of hydrogen-bond donors (Lipinski definition) is 0. The number of rotatable bonds is 3. The SMILES string of the molecule is C#CCN1CC(OCC)=CC1=O. The standard InChI is InChI=1S/C9H11NO2/c1-3-5-10-7-8(12-4-2)6-9(10)11/h1,6H,4-5,7H2,2H3. The molecule has 0 N–H and O–H groups in total. The summed E-state index contributed by atoms with van der Waals surface area (Å²) in [6.07, 6.45) is 6.57. The molecule has 12 heavy (non-hydrogen) atoms. The van der Waals surface area contributed by atoms with Crippen LogP contribution in [0, 0.1) is 12.3 Å². The monoisotopic (exact) mass is 165 g/mol. The van der Waals surface area contributed by atoms with Gasteiger partial charge in [0.1, 0.15) is 5.76 Å². The molecular formula is C9H11NO2. The van der Waals surface area contributed by atoms with Gasteiger partial charge in [0.15, 0.2) is 0 Å². The van der Waals surface area contributed by atoms with Crippen LogP contribution >= 0.6 is 0 Å².